The maximum absolute atomic E-state index is 5.84. The van der Waals surface area contributed by atoms with E-state index >= 15 is 0 Å². The van der Waals surface area contributed by atoms with Gasteiger partial charge < -0.3 is 10.5 Å². The van der Waals surface area contributed by atoms with E-state index in [1.807, 2.05) is 37.4 Å². The molecule has 1 aromatic heterocycles. The van der Waals surface area contributed by atoms with E-state index in [9.17, 15) is 0 Å². The summed E-state index contributed by atoms with van der Waals surface area (Å²) >= 11 is 3.41. The lowest BCUT2D eigenvalue weighted by molar-refractivity contribution is 0.305. The van der Waals surface area contributed by atoms with Crippen molar-refractivity contribution < 1.29 is 4.74 Å². The van der Waals surface area contributed by atoms with Gasteiger partial charge in [0.05, 0.1) is 10.2 Å². The van der Waals surface area contributed by atoms with Crippen molar-refractivity contribution >= 4 is 21.6 Å². The number of hydrogen-bond donors (Lipinski definition) is 1. The number of nitrogens with zero attached hydrogens (tertiary/aromatic N) is 1. The molecule has 1 aromatic carbocycles. The van der Waals surface area contributed by atoms with Gasteiger partial charge in [0.2, 0.25) is 0 Å². The summed E-state index contributed by atoms with van der Waals surface area (Å²) in [6, 6.07) is 7.63. The van der Waals surface area contributed by atoms with Gasteiger partial charge in [-0.2, -0.15) is 0 Å². The lowest BCUT2D eigenvalue weighted by Gasteiger charge is -2.10. The van der Waals surface area contributed by atoms with Crippen molar-refractivity contribution in [1.82, 2.24) is 4.98 Å². The van der Waals surface area contributed by atoms with E-state index in [2.05, 4.69) is 20.9 Å². The van der Waals surface area contributed by atoms with E-state index < -0.39 is 0 Å². The average molecular weight is 293 g/mol. The van der Waals surface area contributed by atoms with Gasteiger partial charge in [-0.15, -0.1) is 0 Å². The van der Waals surface area contributed by atoms with Crippen molar-refractivity contribution in [2.24, 2.45) is 0 Å². The molecule has 0 saturated heterocycles. The number of para-hydroxylation sites is 1. The van der Waals surface area contributed by atoms with E-state index in [-0.39, 0.29) is 0 Å². The molecule has 0 aliphatic rings. The minimum atomic E-state index is 0.460. The van der Waals surface area contributed by atoms with Crippen LogP contribution in [0.1, 0.15) is 11.1 Å². The number of pyridine rings is 1. The number of nitrogen functional groups attached to an aromatic ring is 1. The summed E-state index contributed by atoms with van der Waals surface area (Å²) in [6.07, 6.45) is 3.61. The molecule has 0 amide bonds. The van der Waals surface area contributed by atoms with Crippen LogP contribution < -0.4 is 10.5 Å². The topological polar surface area (TPSA) is 48.1 Å². The number of rotatable bonds is 3. The van der Waals surface area contributed by atoms with Crippen LogP contribution in [-0.4, -0.2) is 4.98 Å². The number of benzene rings is 1. The maximum atomic E-state index is 5.84. The van der Waals surface area contributed by atoms with Gasteiger partial charge in [0.15, 0.2) is 5.75 Å². The van der Waals surface area contributed by atoms with Crippen LogP contribution in [0.4, 0.5) is 5.69 Å². The van der Waals surface area contributed by atoms with Crippen molar-refractivity contribution in [3.63, 3.8) is 0 Å². The third kappa shape index (κ3) is 2.97. The molecule has 0 aliphatic heterocycles. The second-order valence-corrected chi connectivity index (χ2v) is 4.67. The molecule has 3 nitrogen and oxygen atoms in total. The lowest BCUT2D eigenvalue weighted by Crippen LogP contribution is -2.00. The Morgan fingerprint density at radius 2 is 2.18 bits per heavy atom. The Kier molecular flexibility index (Phi) is 3.64. The van der Waals surface area contributed by atoms with Gasteiger partial charge in [-0.25, -0.2) is 0 Å². The molecule has 4 heteroatoms. The first-order valence-electron chi connectivity index (χ1n) is 5.24. The Morgan fingerprint density at radius 1 is 1.35 bits per heavy atom. The largest absolute Gasteiger partial charge is 0.485 e. The summed E-state index contributed by atoms with van der Waals surface area (Å²) < 4.78 is 6.56. The van der Waals surface area contributed by atoms with Crippen LogP contribution in [0, 0.1) is 6.92 Å². The van der Waals surface area contributed by atoms with Crippen molar-refractivity contribution in [3.05, 3.63) is 52.3 Å². The molecule has 0 bridgehead atoms. The van der Waals surface area contributed by atoms with Gasteiger partial charge in [-0.05, 0) is 46.6 Å². The first-order valence-corrected chi connectivity index (χ1v) is 6.03. The fraction of sp³-hybridized carbons (Fsp3) is 0.154. The molecule has 17 heavy (non-hydrogen) atoms. The van der Waals surface area contributed by atoms with E-state index in [1.54, 1.807) is 6.20 Å². The maximum Gasteiger partial charge on any atom is 0.156 e. The third-order valence-corrected chi connectivity index (χ3v) is 2.94. The average Bonchev–Trinajstić information content (AvgIpc) is 2.28. The van der Waals surface area contributed by atoms with Crippen LogP contribution in [0.3, 0.4) is 0 Å². The minimum Gasteiger partial charge on any atom is -0.485 e. The standard InChI is InChI=1S/C13H13BrN2O/c1-9-5-10(7-16-6-9)8-17-13-11(14)3-2-4-12(13)15/h2-7H,8,15H2,1H3. The Labute approximate surface area is 109 Å². The SMILES string of the molecule is Cc1cncc(COc2c(N)cccc2Br)c1. The zero-order valence-electron chi connectivity index (χ0n) is 9.48. The monoisotopic (exact) mass is 292 g/mol. The highest BCUT2D eigenvalue weighted by Crippen LogP contribution is 2.31. The van der Waals surface area contributed by atoms with Crippen LogP contribution in [0.2, 0.25) is 0 Å². The summed E-state index contributed by atoms with van der Waals surface area (Å²) in [7, 11) is 0. The summed E-state index contributed by atoms with van der Waals surface area (Å²) in [5.74, 6) is 0.675. The number of aromatic nitrogens is 1. The van der Waals surface area contributed by atoms with Crippen LogP contribution in [0.25, 0.3) is 0 Å². The molecular formula is C13H13BrN2O. The summed E-state index contributed by atoms with van der Waals surface area (Å²) in [5, 5.41) is 0. The highest BCUT2D eigenvalue weighted by atomic mass is 79.9. The normalized spacial score (nSPS) is 10.2. The van der Waals surface area contributed by atoms with E-state index in [0.29, 0.717) is 18.0 Å². The van der Waals surface area contributed by atoms with Gasteiger partial charge >= 0.3 is 0 Å². The molecule has 2 rings (SSSR count). The summed E-state index contributed by atoms with van der Waals surface area (Å²) in [4.78, 5) is 4.12. The molecule has 0 atom stereocenters. The van der Waals surface area contributed by atoms with Crippen molar-refractivity contribution in [3.8, 4) is 5.75 Å². The molecule has 0 radical (unpaired) electrons. The van der Waals surface area contributed by atoms with Crippen LogP contribution in [0.15, 0.2) is 41.1 Å². The number of nitrogens with two attached hydrogens (primary N) is 1. The lowest BCUT2D eigenvalue weighted by atomic mass is 10.2. The van der Waals surface area contributed by atoms with E-state index in [0.717, 1.165) is 15.6 Å². The fourth-order valence-electron chi connectivity index (χ4n) is 1.53. The second kappa shape index (κ2) is 5.19. The molecule has 88 valence electrons. The van der Waals surface area contributed by atoms with Gasteiger partial charge in [-0.3, -0.25) is 4.98 Å². The number of anilines is 1. The predicted molar refractivity (Wildman–Crippen MR) is 71.9 cm³/mol. The van der Waals surface area contributed by atoms with Gasteiger partial charge in [0, 0.05) is 18.0 Å². The fourth-order valence-corrected chi connectivity index (χ4v) is 2.03. The second-order valence-electron chi connectivity index (χ2n) is 3.82. The molecular weight excluding hydrogens is 280 g/mol. The zero-order valence-corrected chi connectivity index (χ0v) is 11.1. The Balaban J connectivity index is 2.13. The first kappa shape index (κ1) is 11.9. The van der Waals surface area contributed by atoms with Crippen molar-refractivity contribution in [2.45, 2.75) is 13.5 Å². The number of halogens is 1. The Hall–Kier alpha value is -1.55. The van der Waals surface area contributed by atoms with Gasteiger partial charge in [-0.1, -0.05) is 6.07 Å². The molecule has 0 aliphatic carbocycles. The van der Waals surface area contributed by atoms with Gasteiger partial charge in [0.1, 0.15) is 6.61 Å². The third-order valence-electron chi connectivity index (χ3n) is 2.31. The minimum absolute atomic E-state index is 0.460. The zero-order chi connectivity index (χ0) is 12.3. The first-order chi connectivity index (χ1) is 8.16. The smallest absolute Gasteiger partial charge is 0.156 e. The molecule has 0 saturated carbocycles. The predicted octanol–water partition coefficient (Wildman–Crippen LogP) is 3.31. The quantitative estimate of drug-likeness (QED) is 0.883. The Morgan fingerprint density at radius 3 is 2.88 bits per heavy atom. The Bertz CT molecular complexity index is 508. The molecule has 1 heterocycles. The van der Waals surface area contributed by atoms with Gasteiger partial charge in [0.25, 0.3) is 0 Å². The van der Waals surface area contributed by atoms with Crippen LogP contribution >= 0.6 is 15.9 Å². The molecule has 0 unspecified atom stereocenters. The number of hydrogen-bond acceptors (Lipinski definition) is 3. The van der Waals surface area contributed by atoms with E-state index in [4.69, 9.17) is 10.5 Å². The molecule has 0 fully saturated rings. The van der Waals surface area contributed by atoms with Crippen molar-refractivity contribution in [2.75, 3.05) is 5.73 Å². The van der Waals surface area contributed by atoms with Crippen LogP contribution in [0.5, 0.6) is 5.75 Å². The number of aryl methyl sites for hydroxylation is 1. The summed E-state index contributed by atoms with van der Waals surface area (Å²) in [6.45, 7) is 2.46. The molecule has 2 N–H and O–H groups in total. The molecule has 2 aromatic rings. The highest BCUT2D eigenvalue weighted by Gasteiger charge is 2.05. The number of ether oxygens (including phenoxy) is 1. The van der Waals surface area contributed by atoms with Crippen LogP contribution in [-0.2, 0) is 6.61 Å². The van der Waals surface area contributed by atoms with Crippen molar-refractivity contribution in [1.29, 1.82) is 0 Å². The summed E-state index contributed by atoms with van der Waals surface area (Å²) in [5.41, 5.74) is 8.61. The highest BCUT2D eigenvalue weighted by molar-refractivity contribution is 9.10. The van der Waals surface area contributed by atoms with E-state index in [1.165, 1.54) is 0 Å². The molecule has 0 spiro atoms.